The van der Waals surface area contributed by atoms with Crippen molar-refractivity contribution in [3.05, 3.63) is 23.3 Å². The Hall–Kier alpha value is -1.63. The number of piperidine rings is 1. The summed E-state index contributed by atoms with van der Waals surface area (Å²) in [6.45, 7) is 4.27. The zero-order valence-corrected chi connectivity index (χ0v) is 31.0. The molecule has 1 aromatic carbocycles. The maximum absolute atomic E-state index is 13.0. The second kappa shape index (κ2) is 17.7. The Labute approximate surface area is 298 Å². The number of carbonyl (C=O) groups excluding carboxylic acids is 1. The molecule has 1 aromatic rings. The minimum atomic E-state index is -0.938. The number of unbranched alkanes of at least 4 members (excludes halogenated alkanes) is 18. The molecule has 6 nitrogen and oxygen atoms in total. The van der Waals surface area contributed by atoms with E-state index in [2.05, 4.69) is 17.9 Å². The van der Waals surface area contributed by atoms with Crippen molar-refractivity contribution in [3.8, 4) is 11.5 Å². The van der Waals surface area contributed by atoms with Crippen LogP contribution in [0.4, 0.5) is 0 Å². The van der Waals surface area contributed by atoms with Gasteiger partial charge in [0.1, 0.15) is 6.10 Å². The van der Waals surface area contributed by atoms with E-state index in [1.54, 1.807) is 0 Å². The number of esters is 1. The lowest BCUT2D eigenvalue weighted by atomic mass is 9.48. The summed E-state index contributed by atoms with van der Waals surface area (Å²) >= 11 is 0. The van der Waals surface area contributed by atoms with Gasteiger partial charge in [0.05, 0.1) is 17.1 Å². The van der Waals surface area contributed by atoms with Gasteiger partial charge in [-0.1, -0.05) is 135 Å². The zero-order chi connectivity index (χ0) is 34.1. The molecule has 1 spiro atoms. The normalized spacial score (nSPS) is 28.6. The van der Waals surface area contributed by atoms with Crippen LogP contribution in [0.1, 0.15) is 185 Å². The second-order valence-corrected chi connectivity index (χ2v) is 16.8. The van der Waals surface area contributed by atoms with Gasteiger partial charge in [0, 0.05) is 24.6 Å². The van der Waals surface area contributed by atoms with Gasteiger partial charge in [-0.2, -0.15) is 0 Å². The van der Waals surface area contributed by atoms with Crippen LogP contribution in [-0.4, -0.2) is 58.0 Å². The van der Waals surface area contributed by atoms with Crippen molar-refractivity contribution in [2.24, 2.45) is 5.92 Å². The highest BCUT2D eigenvalue weighted by atomic mass is 16.6. The van der Waals surface area contributed by atoms with Crippen LogP contribution in [0.3, 0.4) is 0 Å². The standard InChI is InChI=1S/C43H69NO5/c1-2-3-4-5-6-7-8-9-10-11-12-13-14-15-16-17-18-19-20-24-38(46)48-36-26-25-34-31-37-43(47)28-27-35(45)41-42(43,39(34)40(36)49-41)29-30-44(37)32-33-22-21-23-33/h25-26,33,35,37,41,45,47H,2-24,27-32H2,1H3. The van der Waals surface area contributed by atoms with Crippen LogP contribution in [0.2, 0.25) is 0 Å². The van der Waals surface area contributed by atoms with E-state index in [-0.39, 0.29) is 12.0 Å². The Kier molecular flexibility index (Phi) is 13.4. The number of nitrogens with zero attached hydrogens (tertiary/aromatic N) is 1. The number of benzene rings is 1. The molecule has 0 amide bonds. The van der Waals surface area contributed by atoms with Gasteiger partial charge in [0.15, 0.2) is 11.5 Å². The number of hydrogen-bond donors (Lipinski definition) is 2. The lowest BCUT2D eigenvalue weighted by molar-refractivity contribution is -0.209. The quantitative estimate of drug-likeness (QED) is 0.0681. The van der Waals surface area contributed by atoms with Crippen LogP contribution in [0.5, 0.6) is 11.5 Å². The van der Waals surface area contributed by atoms with Crippen molar-refractivity contribution >= 4 is 5.97 Å². The van der Waals surface area contributed by atoms with Crippen LogP contribution in [0.25, 0.3) is 0 Å². The molecule has 1 saturated heterocycles. The van der Waals surface area contributed by atoms with Crippen LogP contribution in [0, 0.1) is 5.92 Å². The third-order valence-electron chi connectivity index (χ3n) is 13.5. The van der Waals surface area contributed by atoms with Crippen molar-refractivity contribution in [2.75, 3.05) is 13.1 Å². The highest BCUT2D eigenvalue weighted by Crippen LogP contribution is 2.65. The van der Waals surface area contributed by atoms with E-state index in [1.165, 1.54) is 134 Å². The molecule has 2 N–H and O–H groups in total. The molecule has 6 heteroatoms. The lowest BCUT2D eigenvalue weighted by Crippen LogP contribution is -2.77. The predicted molar refractivity (Wildman–Crippen MR) is 197 cm³/mol. The number of hydrogen-bond acceptors (Lipinski definition) is 6. The summed E-state index contributed by atoms with van der Waals surface area (Å²) in [4.78, 5) is 15.6. The number of rotatable bonds is 23. The topological polar surface area (TPSA) is 79.2 Å². The number of aliphatic hydroxyl groups excluding tert-OH is 1. The number of aliphatic hydroxyl groups is 2. The van der Waals surface area contributed by atoms with E-state index in [0.29, 0.717) is 30.8 Å². The molecule has 5 aliphatic rings. The van der Waals surface area contributed by atoms with Gasteiger partial charge in [-0.3, -0.25) is 9.69 Å². The van der Waals surface area contributed by atoms with Crippen LogP contribution in [-0.2, 0) is 16.6 Å². The first-order chi connectivity index (χ1) is 24.0. The summed E-state index contributed by atoms with van der Waals surface area (Å²) in [6, 6.07) is 4.05. The molecule has 2 saturated carbocycles. The van der Waals surface area contributed by atoms with Crippen molar-refractivity contribution in [3.63, 3.8) is 0 Å². The van der Waals surface area contributed by atoms with Gasteiger partial charge in [-0.25, -0.2) is 0 Å². The van der Waals surface area contributed by atoms with Gasteiger partial charge >= 0.3 is 5.97 Å². The molecule has 2 aliphatic heterocycles. The molecule has 5 unspecified atom stereocenters. The fourth-order valence-corrected chi connectivity index (χ4v) is 10.4. The van der Waals surface area contributed by atoms with E-state index in [0.717, 1.165) is 50.3 Å². The van der Waals surface area contributed by atoms with E-state index < -0.39 is 23.2 Å². The maximum atomic E-state index is 13.0. The molecule has 3 aliphatic carbocycles. The molecule has 0 radical (unpaired) electrons. The van der Waals surface area contributed by atoms with Crippen LogP contribution in [0.15, 0.2) is 12.1 Å². The molecule has 49 heavy (non-hydrogen) atoms. The van der Waals surface area contributed by atoms with E-state index in [4.69, 9.17) is 9.47 Å². The second-order valence-electron chi connectivity index (χ2n) is 16.8. The fourth-order valence-electron chi connectivity index (χ4n) is 10.4. The van der Waals surface area contributed by atoms with E-state index >= 15 is 0 Å². The minimum absolute atomic E-state index is 0.0432. The highest BCUT2D eigenvalue weighted by molar-refractivity contribution is 5.75. The zero-order valence-electron chi connectivity index (χ0n) is 31.0. The Morgan fingerprint density at radius 2 is 1.43 bits per heavy atom. The van der Waals surface area contributed by atoms with Crippen molar-refractivity contribution < 1.29 is 24.5 Å². The van der Waals surface area contributed by atoms with Crippen molar-refractivity contribution in [1.82, 2.24) is 4.90 Å². The Morgan fingerprint density at radius 3 is 2.00 bits per heavy atom. The SMILES string of the molecule is CCCCCCCCCCCCCCCCCCCCCC(=O)Oc1ccc2c3c1OC1C(O)CCC4(O)C(C2)N(CC2CCC2)CCC314. The van der Waals surface area contributed by atoms with Crippen molar-refractivity contribution in [1.29, 1.82) is 0 Å². The molecule has 3 fully saturated rings. The lowest BCUT2D eigenvalue weighted by Gasteiger charge is -2.64. The molecular formula is C43H69NO5. The Morgan fingerprint density at radius 1 is 0.837 bits per heavy atom. The summed E-state index contributed by atoms with van der Waals surface area (Å²) in [5.41, 5.74) is 0.640. The molecule has 2 heterocycles. The third-order valence-corrected chi connectivity index (χ3v) is 13.5. The maximum Gasteiger partial charge on any atom is 0.311 e. The van der Waals surface area contributed by atoms with Gasteiger partial charge in [-0.05, 0) is 69.0 Å². The number of likely N-dealkylation sites (tertiary alicyclic amines) is 1. The summed E-state index contributed by atoms with van der Waals surface area (Å²) in [5, 5.41) is 23.8. The molecule has 276 valence electrons. The largest absolute Gasteiger partial charge is 0.482 e. The molecule has 6 rings (SSSR count). The summed E-state index contributed by atoms with van der Waals surface area (Å²) in [5.74, 6) is 1.61. The summed E-state index contributed by atoms with van der Waals surface area (Å²) in [6.07, 6.45) is 31.2. The highest BCUT2D eigenvalue weighted by Gasteiger charge is 2.73. The molecular weight excluding hydrogens is 610 g/mol. The van der Waals surface area contributed by atoms with Gasteiger partial charge in [-0.15, -0.1) is 0 Å². The average Bonchev–Trinajstić information content (AvgIpc) is 3.43. The fraction of sp³-hybridized carbons (Fsp3) is 0.837. The average molecular weight is 680 g/mol. The first-order valence-electron chi connectivity index (χ1n) is 21.2. The molecule has 5 atom stereocenters. The first kappa shape index (κ1) is 37.1. The smallest absolute Gasteiger partial charge is 0.311 e. The number of carbonyl (C=O) groups is 1. The van der Waals surface area contributed by atoms with Crippen LogP contribution >= 0.6 is 0 Å². The third kappa shape index (κ3) is 8.22. The van der Waals surface area contributed by atoms with Crippen molar-refractivity contribution in [2.45, 2.75) is 210 Å². The minimum Gasteiger partial charge on any atom is -0.482 e. The van der Waals surface area contributed by atoms with E-state index in [1.807, 2.05) is 6.07 Å². The number of ether oxygens (including phenoxy) is 2. The first-order valence-corrected chi connectivity index (χ1v) is 21.2. The summed E-state index contributed by atoms with van der Waals surface area (Å²) in [7, 11) is 0. The van der Waals surface area contributed by atoms with Gasteiger partial charge in [0.2, 0.25) is 0 Å². The van der Waals surface area contributed by atoms with Crippen LogP contribution < -0.4 is 9.47 Å². The molecule has 2 bridgehead atoms. The van der Waals surface area contributed by atoms with E-state index in [9.17, 15) is 15.0 Å². The Balaban J connectivity index is 0.877. The predicted octanol–water partition coefficient (Wildman–Crippen LogP) is 9.73. The van der Waals surface area contributed by atoms with Gasteiger partial charge < -0.3 is 19.7 Å². The summed E-state index contributed by atoms with van der Waals surface area (Å²) < 4.78 is 12.6. The monoisotopic (exact) mass is 680 g/mol. The molecule has 0 aromatic heterocycles. The Bertz CT molecular complexity index is 1200. The van der Waals surface area contributed by atoms with Gasteiger partial charge in [0.25, 0.3) is 0 Å².